The van der Waals surface area contributed by atoms with E-state index in [1.54, 1.807) is 18.5 Å². The van der Waals surface area contributed by atoms with Gasteiger partial charge in [0.05, 0.1) is 11.6 Å². The second-order valence-corrected chi connectivity index (χ2v) is 9.56. The number of aliphatic hydroxyl groups is 1. The van der Waals surface area contributed by atoms with Gasteiger partial charge in [0.25, 0.3) is 11.7 Å². The van der Waals surface area contributed by atoms with Gasteiger partial charge in [0.1, 0.15) is 17.6 Å². The van der Waals surface area contributed by atoms with Crippen LogP contribution in [0.5, 0.6) is 5.75 Å². The van der Waals surface area contributed by atoms with Crippen LogP contribution < -0.4 is 4.74 Å². The predicted octanol–water partition coefficient (Wildman–Crippen LogP) is 5.15. The summed E-state index contributed by atoms with van der Waals surface area (Å²) in [5.74, 6) is -0.337. The van der Waals surface area contributed by atoms with Crippen molar-refractivity contribution in [2.24, 2.45) is 0 Å². The summed E-state index contributed by atoms with van der Waals surface area (Å²) in [5, 5.41) is 11.4. The molecule has 2 aliphatic rings. The number of nitrogens with zero attached hydrogens (tertiary/aromatic N) is 2. The van der Waals surface area contributed by atoms with Crippen LogP contribution in [0, 0.1) is 0 Å². The highest BCUT2D eigenvalue weighted by Gasteiger charge is 2.46. The Bertz CT molecular complexity index is 1310. The lowest BCUT2D eigenvalue weighted by molar-refractivity contribution is -0.140. The van der Waals surface area contributed by atoms with E-state index in [-0.39, 0.29) is 24.0 Å². The van der Waals surface area contributed by atoms with Crippen molar-refractivity contribution in [1.29, 1.82) is 0 Å². The molecule has 0 radical (unpaired) electrons. The van der Waals surface area contributed by atoms with Gasteiger partial charge in [-0.05, 0) is 65.4 Å². The molecule has 2 aromatic carbocycles. The number of hydrogen-bond acceptors (Lipinski definition) is 5. The minimum absolute atomic E-state index is 0.0628. The van der Waals surface area contributed by atoms with E-state index in [1.165, 1.54) is 4.90 Å². The topological polar surface area (TPSA) is 79.7 Å². The predicted molar refractivity (Wildman–Crippen MR) is 133 cm³/mol. The first-order valence-electron chi connectivity index (χ1n) is 11.9. The number of hydrogen-bond donors (Lipinski definition) is 1. The number of rotatable bonds is 5. The number of benzene rings is 2. The Hall–Kier alpha value is -3.93. The maximum Gasteiger partial charge on any atom is 0.295 e. The zero-order chi connectivity index (χ0) is 24.7. The summed E-state index contributed by atoms with van der Waals surface area (Å²) in [6, 6.07) is 16.3. The Morgan fingerprint density at radius 3 is 2.49 bits per heavy atom. The number of amides is 1. The van der Waals surface area contributed by atoms with Crippen molar-refractivity contribution < 1.29 is 19.4 Å². The van der Waals surface area contributed by atoms with Crippen LogP contribution in [0.15, 0.2) is 72.6 Å². The van der Waals surface area contributed by atoms with Crippen LogP contribution in [0.4, 0.5) is 0 Å². The summed E-state index contributed by atoms with van der Waals surface area (Å²) in [4.78, 5) is 32.1. The van der Waals surface area contributed by atoms with E-state index in [0.717, 1.165) is 34.4 Å². The summed E-state index contributed by atoms with van der Waals surface area (Å²) in [6.07, 6.45) is 4.11. The summed E-state index contributed by atoms with van der Waals surface area (Å²) < 4.78 is 5.78. The second-order valence-electron chi connectivity index (χ2n) is 9.56. The summed E-state index contributed by atoms with van der Waals surface area (Å²) >= 11 is 0. The molecule has 35 heavy (non-hydrogen) atoms. The van der Waals surface area contributed by atoms with Crippen LogP contribution in [-0.4, -0.2) is 32.8 Å². The van der Waals surface area contributed by atoms with Crippen LogP contribution in [0.25, 0.3) is 5.76 Å². The summed E-state index contributed by atoms with van der Waals surface area (Å²) in [7, 11) is 0. The fourth-order valence-corrected chi connectivity index (χ4v) is 4.86. The average molecular weight is 469 g/mol. The molecule has 2 atom stereocenters. The van der Waals surface area contributed by atoms with Crippen molar-refractivity contribution in [3.05, 3.63) is 100 Å². The Labute approximate surface area is 204 Å². The monoisotopic (exact) mass is 468 g/mol. The number of ether oxygens (including phenoxy) is 1. The lowest BCUT2D eigenvalue weighted by atomic mass is 9.92. The maximum atomic E-state index is 13.3. The molecule has 6 heteroatoms. The molecule has 0 saturated carbocycles. The Balaban J connectivity index is 1.62. The molecule has 5 rings (SSSR count). The quantitative estimate of drug-likeness (QED) is 0.318. The van der Waals surface area contributed by atoms with E-state index in [2.05, 4.69) is 18.8 Å². The first-order valence-corrected chi connectivity index (χ1v) is 11.9. The van der Waals surface area contributed by atoms with E-state index >= 15 is 0 Å². The van der Waals surface area contributed by atoms with Crippen molar-refractivity contribution >= 4 is 17.4 Å². The molecule has 0 bridgehead atoms. The molecule has 3 heterocycles. The fraction of sp³-hybridized carbons (Fsp3) is 0.276. The lowest BCUT2D eigenvalue weighted by Crippen LogP contribution is -2.29. The largest absolute Gasteiger partial charge is 0.507 e. The van der Waals surface area contributed by atoms with E-state index < -0.39 is 17.7 Å². The van der Waals surface area contributed by atoms with Gasteiger partial charge in [-0.3, -0.25) is 14.6 Å². The van der Waals surface area contributed by atoms with Crippen LogP contribution in [-0.2, 0) is 22.6 Å². The number of ketones is 1. The van der Waals surface area contributed by atoms with E-state index in [4.69, 9.17) is 4.74 Å². The van der Waals surface area contributed by atoms with Gasteiger partial charge in [-0.2, -0.15) is 0 Å². The van der Waals surface area contributed by atoms with Gasteiger partial charge >= 0.3 is 0 Å². The van der Waals surface area contributed by atoms with E-state index in [0.29, 0.717) is 11.5 Å². The third kappa shape index (κ3) is 4.20. The molecule has 2 unspecified atom stereocenters. The van der Waals surface area contributed by atoms with Crippen molar-refractivity contribution in [1.82, 2.24) is 9.88 Å². The summed E-state index contributed by atoms with van der Waals surface area (Å²) in [5.41, 5.74) is 4.38. The number of aromatic nitrogens is 1. The van der Waals surface area contributed by atoms with Crippen molar-refractivity contribution in [3.8, 4) is 5.75 Å². The Morgan fingerprint density at radius 2 is 1.80 bits per heavy atom. The van der Waals surface area contributed by atoms with Gasteiger partial charge in [0.2, 0.25) is 0 Å². The molecule has 2 aliphatic heterocycles. The SMILES string of the molecule is CC1Cc2cc(/C(O)=C3/C(=O)C(=O)N(Cc4ccncc4)C3c3ccc(C(C)C)cc3)ccc2O1. The lowest BCUT2D eigenvalue weighted by Gasteiger charge is -2.26. The normalized spacial score (nSPS) is 20.9. The summed E-state index contributed by atoms with van der Waals surface area (Å²) in [6.45, 7) is 6.45. The standard InChI is InChI=1S/C29H28N2O4/c1-17(2)20-4-6-21(7-5-20)26-25(27(32)22-8-9-24-23(15-22)14-18(3)35-24)28(33)29(34)31(26)16-19-10-12-30-13-11-19/h4-13,15,17-18,26,32H,14,16H2,1-3H3/b27-25-. The number of carbonyl (C=O) groups excluding carboxylic acids is 2. The van der Waals surface area contributed by atoms with Crippen molar-refractivity contribution in [2.45, 2.75) is 51.8 Å². The third-order valence-corrected chi connectivity index (χ3v) is 6.73. The highest BCUT2D eigenvalue weighted by atomic mass is 16.5. The van der Waals surface area contributed by atoms with Crippen LogP contribution in [0.1, 0.15) is 60.5 Å². The highest BCUT2D eigenvalue weighted by Crippen LogP contribution is 2.41. The molecule has 6 nitrogen and oxygen atoms in total. The highest BCUT2D eigenvalue weighted by molar-refractivity contribution is 6.46. The number of likely N-dealkylation sites (tertiary alicyclic amines) is 1. The molecule has 0 spiro atoms. The zero-order valence-corrected chi connectivity index (χ0v) is 20.1. The molecule has 1 fully saturated rings. The molecule has 178 valence electrons. The van der Waals surface area contributed by atoms with Gasteiger partial charge in [0.15, 0.2) is 0 Å². The maximum absolute atomic E-state index is 13.3. The second kappa shape index (κ2) is 9.02. The Morgan fingerprint density at radius 1 is 1.09 bits per heavy atom. The van der Waals surface area contributed by atoms with Gasteiger partial charge in [0, 0.05) is 30.9 Å². The Kier molecular flexibility index (Phi) is 5.89. The molecule has 1 saturated heterocycles. The molecule has 3 aromatic rings. The van der Waals surface area contributed by atoms with E-state index in [9.17, 15) is 14.7 Å². The number of pyridine rings is 1. The number of aliphatic hydroxyl groups excluding tert-OH is 1. The van der Waals surface area contributed by atoms with Crippen molar-refractivity contribution in [2.75, 3.05) is 0 Å². The molecular formula is C29H28N2O4. The smallest absolute Gasteiger partial charge is 0.295 e. The zero-order valence-electron chi connectivity index (χ0n) is 20.1. The number of carbonyl (C=O) groups is 2. The minimum atomic E-state index is -0.701. The van der Waals surface area contributed by atoms with Crippen LogP contribution >= 0.6 is 0 Å². The van der Waals surface area contributed by atoms with Gasteiger partial charge in [-0.15, -0.1) is 0 Å². The molecule has 1 N–H and O–H groups in total. The molecule has 1 amide bonds. The number of fused-ring (bicyclic) bond motifs is 1. The third-order valence-electron chi connectivity index (χ3n) is 6.73. The number of Topliss-reactive ketones (excluding diaryl/α,β-unsaturated/α-hetero) is 1. The van der Waals surface area contributed by atoms with E-state index in [1.807, 2.05) is 55.5 Å². The van der Waals surface area contributed by atoms with Gasteiger partial charge in [-0.25, -0.2) is 0 Å². The average Bonchev–Trinajstić information content (AvgIpc) is 3.35. The first-order chi connectivity index (χ1) is 16.8. The fourth-order valence-electron chi connectivity index (χ4n) is 4.86. The molecule has 1 aromatic heterocycles. The first kappa shape index (κ1) is 22.8. The van der Waals surface area contributed by atoms with Crippen LogP contribution in [0.2, 0.25) is 0 Å². The van der Waals surface area contributed by atoms with Gasteiger partial charge < -0.3 is 14.7 Å². The minimum Gasteiger partial charge on any atom is -0.507 e. The van der Waals surface area contributed by atoms with Gasteiger partial charge in [-0.1, -0.05) is 38.1 Å². The van der Waals surface area contributed by atoms with Crippen LogP contribution in [0.3, 0.4) is 0 Å². The van der Waals surface area contributed by atoms with Crippen molar-refractivity contribution in [3.63, 3.8) is 0 Å². The molecular weight excluding hydrogens is 440 g/mol. The molecule has 0 aliphatic carbocycles.